The van der Waals surface area contributed by atoms with Gasteiger partial charge in [0.05, 0.1) is 6.20 Å². The second-order valence-corrected chi connectivity index (χ2v) is 6.02. The highest BCUT2D eigenvalue weighted by Gasteiger charge is 2.18. The van der Waals surface area contributed by atoms with Crippen molar-refractivity contribution in [2.45, 2.75) is 51.9 Å². The highest BCUT2D eigenvalue weighted by Crippen LogP contribution is 2.29. The Balaban J connectivity index is 1.98. The van der Waals surface area contributed by atoms with E-state index in [1.165, 1.54) is 31.2 Å². The number of nitrogen functional groups attached to an aromatic ring is 1. The van der Waals surface area contributed by atoms with Crippen LogP contribution in [0.1, 0.15) is 56.7 Å². The van der Waals surface area contributed by atoms with E-state index in [0.29, 0.717) is 11.7 Å². The second-order valence-electron chi connectivity index (χ2n) is 6.02. The zero-order valence-corrected chi connectivity index (χ0v) is 11.8. The molecule has 0 unspecified atom stereocenters. The van der Waals surface area contributed by atoms with Gasteiger partial charge in [-0.1, -0.05) is 39.5 Å². The Kier molecular flexibility index (Phi) is 3.17. The Bertz CT molecular complexity index is 579. The van der Waals surface area contributed by atoms with E-state index in [-0.39, 0.29) is 0 Å². The standard InChI is InChI=1S/C15H22N4/c1-10(2)13-9-17-19-14(16)8-12(18-15(13)19)7-11-5-3-4-6-11/h8-11H,3-7,16H2,1-2H3. The van der Waals surface area contributed by atoms with Crippen LogP contribution >= 0.6 is 0 Å². The average molecular weight is 258 g/mol. The van der Waals surface area contributed by atoms with Crippen molar-refractivity contribution in [2.75, 3.05) is 5.73 Å². The Morgan fingerprint density at radius 1 is 1.37 bits per heavy atom. The molecule has 0 radical (unpaired) electrons. The lowest BCUT2D eigenvalue weighted by molar-refractivity contribution is 0.539. The molecular formula is C15H22N4. The van der Waals surface area contributed by atoms with Crippen molar-refractivity contribution in [2.24, 2.45) is 5.92 Å². The van der Waals surface area contributed by atoms with Gasteiger partial charge in [0.1, 0.15) is 5.82 Å². The Hall–Kier alpha value is -1.58. The lowest BCUT2D eigenvalue weighted by Crippen LogP contribution is -2.07. The molecule has 2 aromatic rings. The summed E-state index contributed by atoms with van der Waals surface area (Å²) in [4.78, 5) is 4.80. The number of rotatable bonds is 3. The average Bonchev–Trinajstić information content (AvgIpc) is 2.97. The van der Waals surface area contributed by atoms with Crippen molar-refractivity contribution in [3.8, 4) is 0 Å². The first-order valence-electron chi connectivity index (χ1n) is 7.28. The maximum atomic E-state index is 6.11. The van der Waals surface area contributed by atoms with Gasteiger partial charge >= 0.3 is 0 Å². The molecule has 0 bridgehead atoms. The van der Waals surface area contributed by atoms with Crippen LogP contribution in [0, 0.1) is 5.92 Å². The molecule has 0 amide bonds. The SMILES string of the molecule is CC(C)c1cnn2c(N)cc(CC3CCCC3)nc12. The van der Waals surface area contributed by atoms with Crippen LogP contribution in [0.3, 0.4) is 0 Å². The molecule has 0 atom stereocenters. The monoisotopic (exact) mass is 258 g/mol. The first-order chi connectivity index (χ1) is 9.15. The van der Waals surface area contributed by atoms with Crippen LogP contribution in [0.5, 0.6) is 0 Å². The fraction of sp³-hybridized carbons (Fsp3) is 0.600. The number of hydrogen-bond acceptors (Lipinski definition) is 3. The first-order valence-corrected chi connectivity index (χ1v) is 7.28. The van der Waals surface area contributed by atoms with E-state index in [0.717, 1.165) is 23.7 Å². The van der Waals surface area contributed by atoms with Crippen molar-refractivity contribution in [1.29, 1.82) is 0 Å². The zero-order chi connectivity index (χ0) is 13.4. The largest absolute Gasteiger partial charge is 0.384 e. The quantitative estimate of drug-likeness (QED) is 0.920. The van der Waals surface area contributed by atoms with Crippen LogP contribution in [0.15, 0.2) is 12.3 Å². The van der Waals surface area contributed by atoms with Crippen LogP contribution in [-0.2, 0) is 6.42 Å². The van der Waals surface area contributed by atoms with Crippen LogP contribution in [-0.4, -0.2) is 14.6 Å². The van der Waals surface area contributed by atoms with Crippen LogP contribution in [0.4, 0.5) is 5.82 Å². The molecule has 19 heavy (non-hydrogen) atoms. The highest BCUT2D eigenvalue weighted by atomic mass is 15.3. The molecule has 0 aromatic carbocycles. The molecule has 1 aliphatic carbocycles. The smallest absolute Gasteiger partial charge is 0.160 e. The summed E-state index contributed by atoms with van der Waals surface area (Å²) >= 11 is 0. The second kappa shape index (κ2) is 4.83. The summed E-state index contributed by atoms with van der Waals surface area (Å²) in [5.74, 6) is 1.91. The Labute approximate surface area is 114 Å². The zero-order valence-electron chi connectivity index (χ0n) is 11.8. The number of fused-ring (bicyclic) bond motifs is 1. The molecule has 0 spiro atoms. The maximum Gasteiger partial charge on any atom is 0.160 e. The molecule has 1 fully saturated rings. The van der Waals surface area contributed by atoms with Gasteiger partial charge in [0.25, 0.3) is 0 Å². The molecule has 2 aromatic heterocycles. The number of nitrogens with zero attached hydrogens (tertiary/aromatic N) is 3. The van der Waals surface area contributed by atoms with Gasteiger partial charge in [0, 0.05) is 17.3 Å². The lowest BCUT2D eigenvalue weighted by Gasteiger charge is -2.10. The first kappa shape index (κ1) is 12.5. The van der Waals surface area contributed by atoms with Gasteiger partial charge in [0.15, 0.2) is 5.65 Å². The lowest BCUT2D eigenvalue weighted by atomic mass is 10.0. The van der Waals surface area contributed by atoms with E-state index in [1.807, 2.05) is 12.3 Å². The third kappa shape index (κ3) is 2.31. The fourth-order valence-corrected chi connectivity index (χ4v) is 3.08. The van der Waals surface area contributed by atoms with E-state index in [2.05, 4.69) is 18.9 Å². The molecule has 102 valence electrons. The molecule has 0 saturated heterocycles. The number of anilines is 1. The fourth-order valence-electron chi connectivity index (χ4n) is 3.08. The molecule has 3 rings (SSSR count). The van der Waals surface area contributed by atoms with E-state index in [1.54, 1.807) is 4.52 Å². The molecule has 2 N–H and O–H groups in total. The Morgan fingerprint density at radius 3 is 2.79 bits per heavy atom. The minimum atomic E-state index is 0.422. The number of hydrogen-bond donors (Lipinski definition) is 1. The summed E-state index contributed by atoms with van der Waals surface area (Å²) in [6.07, 6.45) is 8.36. The summed E-state index contributed by atoms with van der Waals surface area (Å²) in [5, 5.41) is 4.34. The maximum absolute atomic E-state index is 6.11. The van der Waals surface area contributed by atoms with Gasteiger partial charge in [-0.05, 0) is 18.3 Å². The normalized spacial score (nSPS) is 16.8. The van der Waals surface area contributed by atoms with Crippen molar-refractivity contribution >= 4 is 11.5 Å². The number of aromatic nitrogens is 3. The van der Waals surface area contributed by atoms with Gasteiger partial charge in [-0.15, -0.1) is 0 Å². The van der Waals surface area contributed by atoms with Crippen molar-refractivity contribution < 1.29 is 0 Å². The van der Waals surface area contributed by atoms with E-state index < -0.39 is 0 Å². The van der Waals surface area contributed by atoms with E-state index >= 15 is 0 Å². The molecule has 2 heterocycles. The molecular weight excluding hydrogens is 236 g/mol. The topological polar surface area (TPSA) is 56.2 Å². The summed E-state index contributed by atoms with van der Waals surface area (Å²) in [7, 11) is 0. The third-order valence-corrected chi connectivity index (χ3v) is 4.17. The van der Waals surface area contributed by atoms with Gasteiger partial charge in [-0.25, -0.2) is 4.98 Å². The summed E-state index contributed by atoms with van der Waals surface area (Å²) in [5.41, 5.74) is 9.34. The van der Waals surface area contributed by atoms with Gasteiger partial charge in [0.2, 0.25) is 0 Å². The van der Waals surface area contributed by atoms with Gasteiger partial charge in [-0.2, -0.15) is 9.61 Å². The molecule has 4 nitrogen and oxygen atoms in total. The van der Waals surface area contributed by atoms with Crippen LogP contribution < -0.4 is 5.73 Å². The van der Waals surface area contributed by atoms with Gasteiger partial charge < -0.3 is 5.73 Å². The number of nitrogens with two attached hydrogens (primary N) is 1. The molecule has 1 saturated carbocycles. The molecule has 0 aliphatic heterocycles. The highest BCUT2D eigenvalue weighted by molar-refractivity contribution is 5.53. The van der Waals surface area contributed by atoms with Crippen LogP contribution in [0.25, 0.3) is 5.65 Å². The summed E-state index contributed by atoms with van der Waals surface area (Å²) in [6, 6.07) is 1.99. The van der Waals surface area contributed by atoms with Crippen LogP contribution in [0.2, 0.25) is 0 Å². The minimum absolute atomic E-state index is 0.422. The Morgan fingerprint density at radius 2 is 2.11 bits per heavy atom. The van der Waals surface area contributed by atoms with Crippen molar-refractivity contribution in [3.63, 3.8) is 0 Å². The summed E-state index contributed by atoms with van der Waals surface area (Å²) < 4.78 is 1.76. The summed E-state index contributed by atoms with van der Waals surface area (Å²) in [6.45, 7) is 4.33. The third-order valence-electron chi connectivity index (χ3n) is 4.17. The van der Waals surface area contributed by atoms with E-state index in [9.17, 15) is 0 Å². The van der Waals surface area contributed by atoms with Gasteiger partial charge in [-0.3, -0.25) is 0 Å². The predicted molar refractivity (Wildman–Crippen MR) is 77.2 cm³/mol. The molecule has 4 heteroatoms. The van der Waals surface area contributed by atoms with Crippen molar-refractivity contribution in [1.82, 2.24) is 14.6 Å². The van der Waals surface area contributed by atoms with Crippen molar-refractivity contribution in [3.05, 3.63) is 23.5 Å². The van der Waals surface area contributed by atoms with E-state index in [4.69, 9.17) is 10.7 Å². The molecule has 1 aliphatic rings. The minimum Gasteiger partial charge on any atom is -0.384 e. The predicted octanol–water partition coefficient (Wildman–Crippen LogP) is 3.17.